The maximum Gasteiger partial charge on any atom is 0.419 e. The Hall–Kier alpha value is -4.08. The first-order chi connectivity index (χ1) is 18.2. The zero-order valence-corrected chi connectivity index (χ0v) is 21.9. The molecule has 200 valence electrons. The van der Waals surface area contributed by atoms with Crippen molar-refractivity contribution in [2.24, 2.45) is 7.05 Å². The summed E-state index contributed by atoms with van der Waals surface area (Å²) in [6, 6.07) is 8.89. The Labute approximate surface area is 220 Å². The Kier molecular flexibility index (Phi) is 6.96. The van der Waals surface area contributed by atoms with Crippen molar-refractivity contribution in [3.8, 4) is 5.75 Å². The second kappa shape index (κ2) is 10.4. The number of aromatic nitrogens is 1. The van der Waals surface area contributed by atoms with Crippen molar-refractivity contribution in [2.45, 2.75) is 45.1 Å². The number of aryl methyl sites for hydroxylation is 2. The first kappa shape index (κ1) is 25.6. The average molecular weight is 521 g/mol. The molecule has 0 saturated carbocycles. The van der Waals surface area contributed by atoms with Gasteiger partial charge in [0.25, 0.3) is 0 Å². The van der Waals surface area contributed by atoms with Gasteiger partial charge in [-0.15, -0.1) is 0 Å². The molecule has 10 nitrogen and oxygen atoms in total. The number of hydrogen-bond donors (Lipinski definition) is 1. The highest BCUT2D eigenvalue weighted by atomic mass is 16.5. The minimum absolute atomic E-state index is 0.0483. The van der Waals surface area contributed by atoms with Gasteiger partial charge in [0.1, 0.15) is 5.75 Å². The van der Waals surface area contributed by atoms with Gasteiger partial charge in [-0.3, -0.25) is 14.2 Å². The fourth-order valence-electron chi connectivity index (χ4n) is 5.52. The summed E-state index contributed by atoms with van der Waals surface area (Å²) in [6.07, 6.45) is 2.30. The van der Waals surface area contributed by atoms with Crippen LogP contribution in [0.5, 0.6) is 5.75 Å². The summed E-state index contributed by atoms with van der Waals surface area (Å²) < 4.78 is 12.0. The minimum Gasteiger partial charge on any atom is -0.497 e. The van der Waals surface area contributed by atoms with E-state index in [1.165, 1.54) is 4.57 Å². The van der Waals surface area contributed by atoms with Gasteiger partial charge in [0.2, 0.25) is 5.91 Å². The van der Waals surface area contributed by atoms with Crippen LogP contribution in [0.2, 0.25) is 0 Å². The number of fused-ring (bicyclic) bond motifs is 2. The van der Waals surface area contributed by atoms with E-state index in [0.717, 1.165) is 29.0 Å². The van der Waals surface area contributed by atoms with Gasteiger partial charge in [0.15, 0.2) is 11.4 Å². The van der Waals surface area contributed by atoms with Crippen LogP contribution in [0.3, 0.4) is 0 Å². The summed E-state index contributed by atoms with van der Waals surface area (Å²) in [6.45, 7) is 3.51. The number of anilines is 1. The quantitative estimate of drug-likeness (QED) is 0.498. The Balaban J connectivity index is 1.14. The standard InChI is InChI=1S/C28H32N4O6/c1-17-14-19(16-24-26(17)30(2)28(36)38-24)23(33)6-7-25(34)31-11-9-20(10-12-31)32-13-8-18-15-21(37-3)4-5-22(18)29-27(32)35/h4-5,14-16,20H,6-13H2,1-3H3,(H,29,35). The number of ketones is 1. The summed E-state index contributed by atoms with van der Waals surface area (Å²) in [5, 5.41) is 3.01. The molecule has 1 N–H and O–H groups in total. The number of carbonyl (C=O) groups is 3. The van der Waals surface area contributed by atoms with Crippen LogP contribution in [0, 0.1) is 6.92 Å². The SMILES string of the molecule is COc1ccc2c(c1)CCN(C1CCN(C(=O)CCC(=O)c3cc(C)c4c(c3)oc(=O)n4C)CC1)C(=O)N2. The predicted molar refractivity (Wildman–Crippen MR) is 142 cm³/mol. The largest absolute Gasteiger partial charge is 0.497 e. The molecule has 3 heterocycles. The average Bonchev–Trinajstić information content (AvgIpc) is 3.10. The monoisotopic (exact) mass is 520 g/mol. The fourth-order valence-corrected chi connectivity index (χ4v) is 5.52. The summed E-state index contributed by atoms with van der Waals surface area (Å²) in [4.78, 5) is 54.1. The van der Waals surface area contributed by atoms with Crippen LogP contribution in [0.15, 0.2) is 39.5 Å². The lowest BCUT2D eigenvalue weighted by Crippen LogP contribution is -2.50. The number of nitrogens with one attached hydrogen (secondary N) is 1. The zero-order valence-electron chi connectivity index (χ0n) is 21.9. The summed E-state index contributed by atoms with van der Waals surface area (Å²) in [5.41, 5.74) is 4.08. The predicted octanol–water partition coefficient (Wildman–Crippen LogP) is 3.49. The van der Waals surface area contributed by atoms with E-state index in [4.69, 9.17) is 9.15 Å². The third-order valence-electron chi connectivity index (χ3n) is 7.65. The van der Waals surface area contributed by atoms with E-state index in [-0.39, 0.29) is 36.6 Å². The van der Waals surface area contributed by atoms with Gasteiger partial charge in [0.05, 0.1) is 12.6 Å². The molecule has 1 aromatic heterocycles. The summed E-state index contributed by atoms with van der Waals surface area (Å²) in [5.74, 6) is 0.0515. The number of ether oxygens (including phenoxy) is 1. The molecular formula is C28H32N4O6. The van der Waals surface area contributed by atoms with Crippen molar-refractivity contribution in [3.63, 3.8) is 0 Å². The van der Waals surface area contributed by atoms with Crippen LogP contribution in [0.4, 0.5) is 10.5 Å². The number of amides is 3. The van der Waals surface area contributed by atoms with Gasteiger partial charge in [0, 0.05) is 56.8 Å². The van der Waals surface area contributed by atoms with Crippen molar-refractivity contribution >= 4 is 34.5 Å². The number of oxazole rings is 1. The lowest BCUT2D eigenvalue weighted by Gasteiger charge is -2.38. The van der Waals surface area contributed by atoms with E-state index in [2.05, 4.69) is 5.32 Å². The van der Waals surface area contributed by atoms with Crippen LogP contribution in [-0.4, -0.2) is 64.9 Å². The number of likely N-dealkylation sites (tertiary alicyclic amines) is 1. The minimum atomic E-state index is -0.478. The summed E-state index contributed by atoms with van der Waals surface area (Å²) >= 11 is 0. The number of hydrogen-bond acceptors (Lipinski definition) is 6. The van der Waals surface area contributed by atoms with Crippen LogP contribution in [0.25, 0.3) is 11.1 Å². The molecule has 3 aromatic rings. The highest BCUT2D eigenvalue weighted by Crippen LogP contribution is 2.28. The lowest BCUT2D eigenvalue weighted by molar-refractivity contribution is -0.132. The molecule has 5 rings (SSSR count). The molecule has 0 unspecified atom stereocenters. The van der Waals surface area contributed by atoms with Crippen LogP contribution in [0.1, 0.15) is 47.2 Å². The third kappa shape index (κ3) is 4.90. The second-order valence-corrected chi connectivity index (χ2v) is 10.00. The fraction of sp³-hybridized carbons (Fsp3) is 0.429. The molecular weight excluding hydrogens is 488 g/mol. The molecule has 2 aliphatic rings. The van der Waals surface area contributed by atoms with Crippen LogP contribution < -0.4 is 15.8 Å². The molecule has 10 heteroatoms. The second-order valence-electron chi connectivity index (χ2n) is 10.00. The number of piperidine rings is 1. The van der Waals surface area contributed by atoms with Crippen LogP contribution >= 0.6 is 0 Å². The molecule has 1 fully saturated rings. The van der Waals surface area contributed by atoms with Crippen molar-refractivity contribution < 1.29 is 23.5 Å². The van der Waals surface area contributed by atoms with Crippen molar-refractivity contribution in [1.82, 2.24) is 14.4 Å². The van der Waals surface area contributed by atoms with E-state index in [1.54, 1.807) is 31.2 Å². The molecule has 2 aliphatic heterocycles. The molecule has 38 heavy (non-hydrogen) atoms. The van der Waals surface area contributed by atoms with Crippen molar-refractivity contribution in [3.05, 3.63) is 57.6 Å². The molecule has 2 aromatic carbocycles. The van der Waals surface area contributed by atoms with Gasteiger partial charge < -0.3 is 24.3 Å². The van der Waals surface area contributed by atoms with Gasteiger partial charge in [-0.05, 0) is 67.6 Å². The Morgan fingerprint density at radius 1 is 1.08 bits per heavy atom. The van der Waals surface area contributed by atoms with E-state index in [1.807, 2.05) is 30.0 Å². The first-order valence-corrected chi connectivity index (χ1v) is 12.9. The molecule has 0 aliphatic carbocycles. The van der Waals surface area contributed by atoms with Crippen molar-refractivity contribution in [1.29, 1.82) is 0 Å². The summed E-state index contributed by atoms with van der Waals surface area (Å²) in [7, 11) is 3.25. The maximum absolute atomic E-state index is 12.9. The Morgan fingerprint density at radius 2 is 1.84 bits per heavy atom. The molecule has 0 bridgehead atoms. The molecule has 3 amide bonds. The number of urea groups is 1. The Morgan fingerprint density at radius 3 is 2.58 bits per heavy atom. The normalized spacial score (nSPS) is 16.2. The third-order valence-corrected chi connectivity index (χ3v) is 7.65. The topological polar surface area (TPSA) is 114 Å². The van der Waals surface area contributed by atoms with Gasteiger partial charge >= 0.3 is 11.8 Å². The number of rotatable bonds is 6. The van der Waals surface area contributed by atoms with E-state index < -0.39 is 5.76 Å². The number of methoxy groups -OCH3 is 1. The smallest absolute Gasteiger partial charge is 0.419 e. The number of nitrogens with zero attached hydrogens (tertiary/aromatic N) is 3. The van der Waals surface area contributed by atoms with Crippen molar-refractivity contribution in [2.75, 3.05) is 32.1 Å². The first-order valence-electron chi connectivity index (χ1n) is 12.9. The number of benzene rings is 2. The molecule has 0 radical (unpaired) electrons. The Bertz CT molecular complexity index is 1460. The molecule has 0 atom stereocenters. The highest BCUT2D eigenvalue weighted by molar-refractivity contribution is 6.00. The van der Waals surface area contributed by atoms with E-state index in [9.17, 15) is 19.2 Å². The molecule has 1 saturated heterocycles. The van der Waals surface area contributed by atoms with Gasteiger partial charge in [-0.25, -0.2) is 9.59 Å². The maximum atomic E-state index is 12.9. The van der Waals surface area contributed by atoms with Gasteiger partial charge in [-0.1, -0.05) is 0 Å². The van der Waals surface area contributed by atoms with E-state index in [0.29, 0.717) is 49.1 Å². The molecule has 0 spiro atoms. The van der Waals surface area contributed by atoms with E-state index >= 15 is 0 Å². The van der Waals surface area contributed by atoms with Gasteiger partial charge in [-0.2, -0.15) is 0 Å². The highest BCUT2D eigenvalue weighted by Gasteiger charge is 2.31. The number of carbonyl (C=O) groups excluding carboxylic acids is 3. The zero-order chi connectivity index (χ0) is 27.0. The number of Topliss-reactive ketones (excluding diaryl/α,β-unsaturated/α-hetero) is 1. The lowest BCUT2D eigenvalue weighted by atomic mass is 10.0. The van der Waals surface area contributed by atoms with Crippen LogP contribution in [-0.2, 0) is 18.3 Å².